The lowest BCUT2D eigenvalue weighted by molar-refractivity contribution is -0.127. The highest BCUT2D eigenvalue weighted by Crippen LogP contribution is 2.39. The second kappa shape index (κ2) is 9.83. The van der Waals surface area contributed by atoms with Gasteiger partial charge in [-0.25, -0.2) is 13.1 Å². The van der Waals surface area contributed by atoms with Crippen LogP contribution in [-0.4, -0.2) is 63.8 Å². The number of anilines is 2. The Kier molecular flexibility index (Phi) is 7.04. The lowest BCUT2D eigenvalue weighted by Crippen LogP contribution is -2.53. The Hall–Kier alpha value is -2.79. The predicted octanol–water partition coefficient (Wildman–Crippen LogP) is 1.89. The Balaban J connectivity index is 1.71. The number of ether oxygens (including phenoxy) is 1. The molecule has 0 aromatic heterocycles. The van der Waals surface area contributed by atoms with Gasteiger partial charge in [0.1, 0.15) is 6.10 Å². The van der Waals surface area contributed by atoms with Crippen molar-refractivity contribution in [1.29, 1.82) is 0 Å². The Morgan fingerprint density at radius 2 is 1.82 bits per heavy atom. The van der Waals surface area contributed by atoms with Gasteiger partial charge in [-0.05, 0) is 55.2 Å². The van der Waals surface area contributed by atoms with Crippen LogP contribution < -0.4 is 14.5 Å². The van der Waals surface area contributed by atoms with Crippen LogP contribution in [0.3, 0.4) is 0 Å². The van der Waals surface area contributed by atoms with E-state index in [4.69, 9.17) is 9.84 Å². The lowest BCUT2D eigenvalue weighted by Gasteiger charge is -2.41. The van der Waals surface area contributed by atoms with Crippen LogP contribution >= 0.6 is 0 Å². The fourth-order valence-electron chi connectivity index (χ4n) is 4.53. The molecule has 0 bridgehead atoms. The van der Waals surface area contributed by atoms with E-state index in [0.29, 0.717) is 30.9 Å². The van der Waals surface area contributed by atoms with Crippen molar-refractivity contribution >= 4 is 33.2 Å². The second-order valence-corrected chi connectivity index (χ2v) is 10.3. The monoisotopic (exact) mass is 487 g/mol. The van der Waals surface area contributed by atoms with E-state index in [1.165, 1.54) is 19.1 Å². The van der Waals surface area contributed by atoms with E-state index in [0.717, 1.165) is 17.5 Å². The molecular weight excluding hydrogens is 458 g/mol. The summed E-state index contributed by atoms with van der Waals surface area (Å²) in [7, 11) is -3.71. The number of amides is 2. The maximum atomic E-state index is 13.3. The Labute approximate surface area is 199 Å². The van der Waals surface area contributed by atoms with Crippen LogP contribution in [0.2, 0.25) is 0 Å². The molecule has 10 heteroatoms. The molecule has 0 radical (unpaired) electrons. The second-order valence-electron chi connectivity index (χ2n) is 8.54. The van der Waals surface area contributed by atoms with Crippen LogP contribution in [0.15, 0.2) is 47.4 Å². The van der Waals surface area contributed by atoms with Crippen molar-refractivity contribution in [2.24, 2.45) is 0 Å². The van der Waals surface area contributed by atoms with E-state index in [9.17, 15) is 18.0 Å². The van der Waals surface area contributed by atoms with Gasteiger partial charge < -0.3 is 19.6 Å². The van der Waals surface area contributed by atoms with Gasteiger partial charge in [0.2, 0.25) is 15.9 Å². The third-order valence-electron chi connectivity index (χ3n) is 6.13. The molecule has 182 valence electrons. The number of nitrogens with one attached hydrogen (secondary N) is 1. The van der Waals surface area contributed by atoms with Gasteiger partial charge in [0.15, 0.2) is 0 Å². The van der Waals surface area contributed by atoms with Crippen LogP contribution in [0.25, 0.3) is 11.1 Å². The predicted molar refractivity (Wildman–Crippen MR) is 128 cm³/mol. The molecule has 0 aliphatic carbocycles. The molecule has 0 spiro atoms. The van der Waals surface area contributed by atoms with Gasteiger partial charge >= 0.3 is 0 Å². The average Bonchev–Trinajstić information content (AvgIpc) is 3.36. The standard InChI is InChI=1S/C24H29N3O6S/c1-16-15-26(24(30)23-4-3-13-33-23)22-14-19(7-10-21(22)27(16)17(2)29)18-5-8-20(9-6-18)34(31,32)25-11-12-28/h5-10,14,16,23,25,28H,3-4,11-13,15H2,1-2H3. The van der Waals surface area contributed by atoms with E-state index in [-0.39, 0.29) is 35.9 Å². The molecule has 2 aromatic rings. The van der Waals surface area contributed by atoms with Gasteiger partial charge in [0.25, 0.3) is 5.91 Å². The minimum Gasteiger partial charge on any atom is -0.395 e. The molecule has 1 saturated heterocycles. The molecule has 2 unspecified atom stereocenters. The molecule has 0 saturated carbocycles. The van der Waals surface area contributed by atoms with Crippen LogP contribution in [0.5, 0.6) is 0 Å². The van der Waals surface area contributed by atoms with Gasteiger partial charge in [0, 0.05) is 26.6 Å². The number of carbonyl (C=O) groups is 2. The lowest BCUT2D eigenvalue weighted by atomic mass is 10.00. The van der Waals surface area contributed by atoms with E-state index < -0.39 is 16.1 Å². The summed E-state index contributed by atoms with van der Waals surface area (Å²) in [4.78, 5) is 29.2. The zero-order chi connectivity index (χ0) is 24.5. The average molecular weight is 488 g/mol. The normalized spacial score (nSPS) is 20.3. The molecular formula is C24H29N3O6S. The first-order chi connectivity index (χ1) is 16.2. The first-order valence-electron chi connectivity index (χ1n) is 11.3. The largest absolute Gasteiger partial charge is 0.395 e. The molecule has 2 amide bonds. The molecule has 2 aromatic carbocycles. The fourth-order valence-corrected chi connectivity index (χ4v) is 5.55. The molecule has 1 fully saturated rings. The molecule has 2 aliphatic rings. The number of aliphatic hydroxyl groups excluding tert-OH is 1. The van der Waals surface area contributed by atoms with Gasteiger partial charge in [0.05, 0.1) is 28.9 Å². The third-order valence-corrected chi connectivity index (χ3v) is 7.60. The molecule has 2 heterocycles. The molecule has 2 atom stereocenters. The summed E-state index contributed by atoms with van der Waals surface area (Å²) < 4.78 is 32.5. The van der Waals surface area contributed by atoms with Crippen LogP contribution in [0, 0.1) is 0 Å². The summed E-state index contributed by atoms with van der Waals surface area (Å²) in [5.74, 6) is -0.210. The number of fused-ring (bicyclic) bond motifs is 1. The zero-order valence-electron chi connectivity index (χ0n) is 19.2. The number of hydrogen-bond donors (Lipinski definition) is 2. The number of aliphatic hydroxyl groups is 1. The van der Waals surface area contributed by atoms with Crippen molar-refractivity contribution in [3.8, 4) is 11.1 Å². The minimum absolute atomic E-state index is 0.0610. The molecule has 34 heavy (non-hydrogen) atoms. The number of carbonyl (C=O) groups excluding carboxylic acids is 2. The third kappa shape index (κ3) is 4.72. The highest BCUT2D eigenvalue weighted by Gasteiger charge is 2.37. The molecule has 9 nitrogen and oxygen atoms in total. The zero-order valence-corrected chi connectivity index (χ0v) is 20.0. The van der Waals surface area contributed by atoms with E-state index in [1.807, 2.05) is 25.1 Å². The van der Waals surface area contributed by atoms with Gasteiger partial charge in [-0.1, -0.05) is 18.2 Å². The van der Waals surface area contributed by atoms with E-state index in [1.54, 1.807) is 21.9 Å². The first-order valence-corrected chi connectivity index (χ1v) is 12.8. The summed E-state index contributed by atoms with van der Waals surface area (Å²) in [6.07, 6.45) is 1.04. The fraction of sp³-hybridized carbons (Fsp3) is 0.417. The van der Waals surface area contributed by atoms with Crippen molar-refractivity contribution in [1.82, 2.24) is 4.72 Å². The highest BCUT2D eigenvalue weighted by molar-refractivity contribution is 7.89. The summed E-state index contributed by atoms with van der Waals surface area (Å²) in [5.41, 5.74) is 2.84. The maximum Gasteiger partial charge on any atom is 0.256 e. The number of nitrogens with zero attached hydrogens (tertiary/aromatic N) is 2. The van der Waals surface area contributed by atoms with Crippen molar-refractivity contribution < 1.29 is 27.9 Å². The van der Waals surface area contributed by atoms with Gasteiger partial charge in [-0.3, -0.25) is 9.59 Å². The Morgan fingerprint density at radius 1 is 1.12 bits per heavy atom. The topological polar surface area (TPSA) is 116 Å². The minimum atomic E-state index is -3.71. The summed E-state index contributed by atoms with van der Waals surface area (Å²) in [5, 5.41) is 8.88. The number of benzene rings is 2. The number of rotatable bonds is 6. The first kappa shape index (κ1) is 24.3. The molecule has 4 rings (SSSR count). The number of sulfonamides is 1. The van der Waals surface area contributed by atoms with Crippen molar-refractivity contribution in [3.05, 3.63) is 42.5 Å². The van der Waals surface area contributed by atoms with Gasteiger partial charge in [-0.15, -0.1) is 0 Å². The van der Waals surface area contributed by atoms with Crippen molar-refractivity contribution in [3.63, 3.8) is 0 Å². The summed E-state index contributed by atoms with van der Waals surface area (Å²) in [6, 6.07) is 11.7. The number of hydrogen-bond acceptors (Lipinski definition) is 6. The van der Waals surface area contributed by atoms with E-state index in [2.05, 4.69) is 4.72 Å². The van der Waals surface area contributed by atoms with Crippen LogP contribution in [0.4, 0.5) is 11.4 Å². The SMILES string of the molecule is CC(=O)N1c2ccc(-c3ccc(S(=O)(=O)NCCO)cc3)cc2N(C(=O)C2CCCO2)CC1C. The maximum absolute atomic E-state index is 13.3. The van der Waals surface area contributed by atoms with Gasteiger partial charge in [-0.2, -0.15) is 0 Å². The Morgan fingerprint density at radius 3 is 2.44 bits per heavy atom. The summed E-state index contributed by atoms with van der Waals surface area (Å²) in [6.45, 7) is 4.00. The van der Waals surface area contributed by atoms with Crippen LogP contribution in [0.1, 0.15) is 26.7 Å². The molecule has 2 N–H and O–H groups in total. The quantitative estimate of drug-likeness (QED) is 0.643. The molecule has 2 aliphatic heterocycles. The van der Waals surface area contributed by atoms with Crippen molar-refractivity contribution in [2.45, 2.75) is 43.7 Å². The van der Waals surface area contributed by atoms with Crippen molar-refractivity contribution in [2.75, 3.05) is 36.1 Å². The van der Waals surface area contributed by atoms with Crippen LogP contribution in [-0.2, 0) is 24.3 Å². The smallest absolute Gasteiger partial charge is 0.256 e. The Bertz CT molecular complexity index is 1180. The van der Waals surface area contributed by atoms with E-state index >= 15 is 0 Å². The summed E-state index contributed by atoms with van der Waals surface area (Å²) >= 11 is 0. The highest BCUT2D eigenvalue weighted by atomic mass is 32.2.